The van der Waals surface area contributed by atoms with Crippen molar-refractivity contribution in [3.8, 4) is 0 Å². The number of carboxylic acids is 1. The summed E-state index contributed by atoms with van der Waals surface area (Å²) in [5, 5.41) is 34.3. The van der Waals surface area contributed by atoms with Crippen molar-refractivity contribution < 1.29 is 90.4 Å². The molecule has 3 heterocycles. The van der Waals surface area contributed by atoms with Crippen molar-refractivity contribution >= 4 is 75.1 Å². The lowest BCUT2D eigenvalue weighted by Crippen LogP contribution is -2.46. The number of rotatable bonds is 21. The number of aliphatic hydroxyl groups excluding tert-OH is 2. The van der Waals surface area contributed by atoms with Gasteiger partial charge in [-0.05, 0) is 6.92 Å². The number of imidazole rings is 1. The average molecular weight is 880 g/mol. The number of phosphoric ester groups is 3. The van der Waals surface area contributed by atoms with E-state index in [1.807, 2.05) is 0 Å². The van der Waals surface area contributed by atoms with Crippen LogP contribution in [0.4, 0.5) is 5.82 Å². The van der Waals surface area contributed by atoms with Gasteiger partial charge in [0.25, 0.3) is 0 Å². The van der Waals surface area contributed by atoms with Crippen LogP contribution in [0.1, 0.15) is 33.4 Å². The molecule has 30 heteroatoms. The lowest BCUT2D eigenvalue weighted by Gasteiger charge is -2.30. The zero-order valence-electron chi connectivity index (χ0n) is 29.5. The summed E-state index contributed by atoms with van der Waals surface area (Å²) in [5.41, 5.74) is 4.20. The first-order chi connectivity index (χ1) is 25.8. The molecule has 7 unspecified atom stereocenters. The van der Waals surface area contributed by atoms with Crippen molar-refractivity contribution in [2.75, 3.05) is 37.8 Å². The molecular formula is C26H40N7O19P3S. The number of fused-ring (bicyclic) bond motifs is 1. The summed E-state index contributed by atoms with van der Waals surface area (Å²) in [6.45, 7) is 1.48. The molecule has 2 aromatic rings. The van der Waals surface area contributed by atoms with Gasteiger partial charge < -0.3 is 56.0 Å². The molecule has 0 aromatic carbocycles. The Morgan fingerprint density at radius 1 is 1.07 bits per heavy atom. The Kier molecular flexibility index (Phi) is 16.4. The van der Waals surface area contributed by atoms with Gasteiger partial charge in [-0.1, -0.05) is 25.6 Å². The predicted octanol–water partition coefficient (Wildman–Crippen LogP) is -1.30. The van der Waals surface area contributed by atoms with Crippen LogP contribution in [0.25, 0.3) is 11.2 Å². The van der Waals surface area contributed by atoms with Crippen molar-refractivity contribution in [2.45, 2.75) is 57.8 Å². The Morgan fingerprint density at radius 2 is 1.73 bits per heavy atom. The van der Waals surface area contributed by atoms with Crippen LogP contribution < -0.4 is 16.4 Å². The number of nitrogens with zero attached hydrogens (tertiary/aromatic N) is 4. The van der Waals surface area contributed by atoms with Crippen LogP contribution in [0.5, 0.6) is 0 Å². The van der Waals surface area contributed by atoms with E-state index >= 15 is 0 Å². The van der Waals surface area contributed by atoms with E-state index in [1.165, 1.54) is 20.8 Å². The van der Waals surface area contributed by atoms with Crippen LogP contribution in [0.2, 0.25) is 0 Å². The summed E-state index contributed by atoms with van der Waals surface area (Å²) < 4.78 is 61.9. The Hall–Kier alpha value is -3.23. The molecule has 0 aliphatic carbocycles. The summed E-state index contributed by atoms with van der Waals surface area (Å²) in [6.07, 6.45) is -6.37. The Morgan fingerprint density at radius 3 is 2.38 bits per heavy atom. The van der Waals surface area contributed by atoms with Crippen LogP contribution >= 0.6 is 35.2 Å². The van der Waals surface area contributed by atoms with Crippen molar-refractivity contribution in [1.29, 1.82) is 0 Å². The molecule has 1 aliphatic heterocycles. The number of phosphoric acid groups is 3. The number of carbonyl (C=O) groups is 4. The predicted molar refractivity (Wildman–Crippen MR) is 188 cm³/mol. The molecule has 0 spiro atoms. The van der Waals surface area contributed by atoms with Gasteiger partial charge in [0, 0.05) is 42.3 Å². The number of thioether (sulfide) groups is 1. The first kappa shape index (κ1) is 47.1. The average Bonchev–Trinajstić information content (AvgIpc) is 3.64. The van der Waals surface area contributed by atoms with Crippen LogP contribution in [0, 0.1) is 5.41 Å². The van der Waals surface area contributed by atoms with E-state index in [0.29, 0.717) is 0 Å². The molecular weight excluding hydrogens is 839 g/mol. The minimum atomic E-state index is -5.59. The number of ether oxygens (including phenoxy) is 1. The van der Waals surface area contributed by atoms with E-state index in [9.17, 15) is 62.7 Å². The molecule has 0 bridgehead atoms. The van der Waals surface area contributed by atoms with Crippen molar-refractivity contribution in [3.63, 3.8) is 0 Å². The highest BCUT2D eigenvalue weighted by molar-refractivity contribution is 8.14. The second kappa shape index (κ2) is 19.5. The standard InChI is InChI=1S/C26H40N7O19P3S/c1-13(8-16(35)36)25(40)56-7-6-28-15(34)4-5-29-23(39)20(38)26(2,3)10-49-55(46,47)52-54(44,45)48-9-14-19(51-53(41,42)43)18(37)24(50-14)33-12-32-17-21(27)30-11-31-22(17)33/h8,11-12,14,18-20,24,37-38H,4-7,9-10H2,1-3H3,(H,28,34)(H,29,39)(H,35,36)(H,44,45)(H,46,47)(H2,27,30,31)(H2,41,42,43)/b13-8+. The largest absolute Gasteiger partial charge is 0.481 e. The highest BCUT2D eigenvalue weighted by Crippen LogP contribution is 2.61. The second-order valence-corrected chi connectivity index (χ2v) is 17.7. The molecule has 314 valence electrons. The topological polar surface area (TPSA) is 401 Å². The number of anilines is 1. The number of hydrogen-bond donors (Lipinski definition) is 10. The maximum absolute atomic E-state index is 12.7. The number of carbonyl (C=O) groups excluding carboxylic acids is 3. The maximum Gasteiger partial charge on any atom is 0.481 e. The number of nitrogens with one attached hydrogen (secondary N) is 2. The van der Waals surface area contributed by atoms with Gasteiger partial charge in [-0.2, -0.15) is 4.31 Å². The molecule has 2 aromatic heterocycles. The minimum Gasteiger partial charge on any atom is -0.478 e. The zero-order valence-corrected chi connectivity index (χ0v) is 33.0. The monoisotopic (exact) mass is 879 g/mol. The lowest BCUT2D eigenvalue weighted by molar-refractivity contribution is -0.137. The van der Waals surface area contributed by atoms with Crippen molar-refractivity contribution in [2.24, 2.45) is 5.41 Å². The summed E-state index contributed by atoms with van der Waals surface area (Å²) >= 11 is 0.789. The molecule has 1 aliphatic rings. The third kappa shape index (κ3) is 14.0. The van der Waals surface area contributed by atoms with Gasteiger partial charge in [-0.25, -0.2) is 33.4 Å². The Labute approximate surface area is 320 Å². The number of aromatic nitrogens is 4. The number of amides is 2. The van der Waals surface area contributed by atoms with Crippen LogP contribution in [0.3, 0.4) is 0 Å². The van der Waals surface area contributed by atoms with Gasteiger partial charge in [0.2, 0.25) is 16.9 Å². The summed E-state index contributed by atoms with van der Waals surface area (Å²) in [7, 11) is -16.5. The minimum absolute atomic E-state index is 0.0147. The molecule has 2 amide bonds. The molecule has 7 atom stereocenters. The van der Waals surface area contributed by atoms with Crippen LogP contribution in [0.15, 0.2) is 24.3 Å². The second-order valence-electron chi connectivity index (χ2n) is 12.4. The van der Waals surface area contributed by atoms with E-state index in [-0.39, 0.29) is 47.8 Å². The smallest absolute Gasteiger partial charge is 0.478 e. The summed E-state index contributed by atoms with van der Waals surface area (Å²) in [6, 6.07) is 0. The maximum atomic E-state index is 12.7. The van der Waals surface area contributed by atoms with Crippen molar-refractivity contribution in [1.82, 2.24) is 30.2 Å². The van der Waals surface area contributed by atoms with Gasteiger partial charge in [-0.3, -0.25) is 32.5 Å². The van der Waals surface area contributed by atoms with E-state index in [0.717, 1.165) is 35.1 Å². The molecule has 11 N–H and O–H groups in total. The Balaban J connectivity index is 1.49. The number of nitrogen functional groups attached to an aromatic ring is 1. The first-order valence-corrected chi connectivity index (χ1v) is 21.3. The highest BCUT2D eigenvalue weighted by atomic mass is 32.2. The fraction of sp³-hybridized carbons (Fsp3) is 0.577. The number of carboxylic acid groups (broad SMARTS) is 1. The normalized spacial score (nSPS) is 21.9. The van der Waals surface area contributed by atoms with Gasteiger partial charge >= 0.3 is 29.4 Å². The number of hydrogen-bond acceptors (Lipinski definition) is 19. The fourth-order valence-corrected chi connectivity index (χ4v) is 8.14. The number of nitrogens with two attached hydrogens (primary N) is 1. The molecule has 56 heavy (non-hydrogen) atoms. The summed E-state index contributed by atoms with van der Waals surface area (Å²) in [4.78, 5) is 97.8. The van der Waals surface area contributed by atoms with Crippen molar-refractivity contribution in [3.05, 3.63) is 24.3 Å². The van der Waals surface area contributed by atoms with Gasteiger partial charge in [0.1, 0.15) is 36.3 Å². The molecule has 26 nitrogen and oxygen atoms in total. The fourth-order valence-electron chi connectivity index (χ4n) is 4.63. The van der Waals surface area contributed by atoms with E-state index in [2.05, 4.69) is 34.4 Å². The quantitative estimate of drug-likeness (QED) is 0.0395. The summed E-state index contributed by atoms with van der Waals surface area (Å²) in [5.74, 6) is -2.75. The third-order valence-electron chi connectivity index (χ3n) is 7.40. The number of aliphatic carboxylic acids is 1. The lowest BCUT2D eigenvalue weighted by atomic mass is 9.87. The van der Waals surface area contributed by atoms with E-state index in [4.69, 9.17) is 24.6 Å². The zero-order chi connectivity index (χ0) is 42.2. The van der Waals surface area contributed by atoms with Crippen LogP contribution in [-0.4, -0.2) is 134 Å². The number of aliphatic hydroxyl groups is 2. The molecule has 3 rings (SSSR count). The molecule has 1 saturated heterocycles. The molecule has 0 saturated carbocycles. The van der Waals surface area contributed by atoms with Gasteiger partial charge in [0.15, 0.2) is 17.7 Å². The van der Waals surface area contributed by atoms with E-state index < -0.39 is 95.6 Å². The van der Waals surface area contributed by atoms with E-state index in [1.54, 1.807) is 0 Å². The first-order valence-electron chi connectivity index (χ1n) is 15.8. The SMILES string of the molecule is C/C(=C\C(=O)O)C(=O)SCCNC(=O)CCNC(=O)C(O)C(C)(C)COP(=O)(O)OP(=O)(O)OCC1OC(n2cnc3c(N)ncnc32)C(O)C1OP(=O)(O)O. The molecule has 1 fully saturated rings. The molecule has 0 radical (unpaired) electrons. The van der Waals surface area contributed by atoms with Gasteiger partial charge in [-0.15, -0.1) is 0 Å². The van der Waals surface area contributed by atoms with Gasteiger partial charge in [0.05, 0.1) is 19.5 Å². The Bertz CT molecular complexity index is 1940. The third-order valence-corrected chi connectivity index (χ3v) is 11.5. The van der Waals surface area contributed by atoms with Crippen LogP contribution in [-0.2, 0) is 55.5 Å². The highest BCUT2D eigenvalue weighted by Gasteiger charge is 2.50.